The van der Waals surface area contributed by atoms with Gasteiger partial charge in [0.1, 0.15) is 5.01 Å². The number of guanidine groups is 1. The summed E-state index contributed by atoms with van der Waals surface area (Å²) in [6.45, 7) is 6.15. The van der Waals surface area contributed by atoms with Crippen LogP contribution >= 0.6 is 11.3 Å². The lowest BCUT2D eigenvalue weighted by atomic mass is 10.3. The fraction of sp³-hybridized carbons (Fsp3) is 0.692. The van der Waals surface area contributed by atoms with Crippen LogP contribution in [0, 0.1) is 0 Å². The molecule has 0 aliphatic rings. The minimum absolute atomic E-state index is 0.758. The van der Waals surface area contributed by atoms with Gasteiger partial charge in [-0.25, -0.2) is 4.98 Å². The van der Waals surface area contributed by atoms with Crippen LogP contribution in [0.2, 0.25) is 0 Å². The van der Waals surface area contributed by atoms with E-state index in [1.165, 1.54) is 17.7 Å². The number of aromatic nitrogens is 1. The molecule has 0 aromatic carbocycles. The van der Waals surface area contributed by atoms with Crippen molar-refractivity contribution in [3.63, 3.8) is 0 Å². The number of rotatable bonds is 6. The van der Waals surface area contributed by atoms with Gasteiger partial charge in [-0.15, -0.1) is 11.3 Å². The minimum Gasteiger partial charge on any atom is -0.350 e. The van der Waals surface area contributed by atoms with Crippen LogP contribution in [0.1, 0.15) is 36.6 Å². The Morgan fingerprint density at radius 1 is 1.50 bits per heavy atom. The van der Waals surface area contributed by atoms with Gasteiger partial charge in [-0.2, -0.15) is 0 Å². The molecular formula is C13H24N4S. The fourth-order valence-electron chi connectivity index (χ4n) is 1.63. The van der Waals surface area contributed by atoms with E-state index in [1.54, 1.807) is 11.3 Å². The van der Waals surface area contributed by atoms with Gasteiger partial charge < -0.3 is 10.2 Å². The Labute approximate surface area is 114 Å². The van der Waals surface area contributed by atoms with Crippen LogP contribution in [0.4, 0.5) is 0 Å². The lowest BCUT2D eigenvalue weighted by molar-refractivity contribution is 0.464. The molecule has 5 heteroatoms. The summed E-state index contributed by atoms with van der Waals surface area (Å²) < 4.78 is 0. The first kappa shape index (κ1) is 15.0. The number of hydrogen-bond donors (Lipinski definition) is 1. The van der Waals surface area contributed by atoms with Crippen LogP contribution in [-0.2, 0) is 13.0 Å². The summed E-state index contributed by atoms with van der Waals surface area (Å²) in [4.78, 5) is 12.2. The Morgan fingerprint density at radius 3 is 2.83 bits per heavy atom. The molecule has 102 valence electrons. The molecule has 0 amide bonds. The number of aryl methyl sites for hydroxylation is 1. The Kier molecular flexibility index (Phi) is 6.72. The first-order valence-electron chi connectivity index (χ1n) is 6.56. The van der Waals surface area contributed by atoms with Gasteiger partial charge in [0.15, 0.2) is 5.96 Å². The molecule has 0 aliphatic carbocycles. The molecule has 1 aromatic rings. The summed E-state index contributed by atoms with van der Waals surface area (Å²) in [5, 5.41) is 4.48. The molecule has 0 spiro atoms. The Bertz CT molecular complexity index is 373. The summed E-state index contributed by atoms with van der Waals surface area (Å²) in [5.74, 6) is 0.941. The Balaban J connectivity index is 2.44. The Hall–Kier alpha value is -1.10. The topological polar surface area (TPSA) is 40.5 Å². The molecule has 0 radical (unpaired) electrons. The second kappa shape index (κ2) is 8.08. The summed E-state index contributed by atoms with van der Waals surface area (Å²) in [5.41, 5.74) is 0. The Morgan fingerprint density at radius 2 is 2.28 bits per heavy atom. The van der Waals surface area contributed by atoms with Gasteiger partial charge in [-0.1, -0.05) is 20.3 Å². The number of thiazole rings is 1. The van der Waals surface area contributed by atoms with E-state index in [0.29, 0.717) is 0 Å². The van der Waals surface area contributed by atoms with Crippen molar-refractivity contribution in [2.75, 3.05) is 20.6 Å². The maximum Gasteiger partial charge on any atom is 0.193 e. The highest BCUT2D eigenvalue weighted by Gasteiger charge is 2.06. The smallest absolute Gasteiger partial charge is 0.193 e. The second-order valence-corrected chi connectivity index (χ2v) is 5.45. The maximum atomic E-state index is 4.40. The van der Waals surface area contributed by atoms with Crippen molar-refractivity contribution in [3.05, 3.63) is 16.1 Å². The summed E-state index contributed by atoms with van der Waals surface area (Å²) in [6, 6.07) is 0. The SMILES string of the molecule is CCCCN(C)C(=NC)NCc1ncc(CC)s1. The van der Waals surface area contributed by atoms with Gasteiger partial charge in [0.25, 0.3) is 0 Å². The molecule has 0 saturated carbocycles. The zero-order valence-electron chi connectivity index (χ0n) is 11.9. The quantitative estimate of drug-likeness (QED) is 0.636. The van der Waals surface area contributed by atoms with E-state index < -0.39 is 0 Å². The van der Waals surface area contributed by atoms with Gasteiger partial charge in [0.2, 0.25) is 0 Å². The van der Waals surface area contributed by atoms with Crippen LogP contribution in [0.15, 0.2) is 11.2 Å². The van der Waals surface area contributed by atoms with Crippen molar-refractivity contribution in [2.45, 2.75) is 39.7 Å². The van der Waals surface area contributed by atoms with E-state index in [4.69, 9.17) is 0 Å². The van der Waals surface area contributed by atoms with Crippen LogP contribution in [0.25, 0.3) is 0 Å². The van der Waals surface area contributed by atoms with Crippen LogP contribution in [0.5, 0.6) is 0 Å². The average Bonchev–Trinajstić information content (AvgIpc) is 2.85. The standard InChI is InChI=1S/C13H24N4S/c1-5-7-8-17(4)13(14-3)16-10-12-15-9-11(6-2)18-12/h9H,5-8,10H2,1-4H3,(H,14,16). The van der Waals surface area contributed by atoms with Crippen molar-refractivity contribution < 1.29 is 0 Å². The zero-order valence-corrected chi connectivity index (χ0v) is 12.7. The van der Waals surface area contributed by atoms with E-state index in [2.05, 4.69) is 41.1 Å². The predicted molar refractivity (Wildman–Crippen MR) is 79.2 cm³/mol. The molecule has 0 atom stereocenters. The highest BCUT2D eigenvalue weighted by atomic mass is 32.1. The van der Waals surface area contributed by atoms with Crippen molar-refractivity contribution in [3.8, 4) is 0 Å². The zero-order chi connectivity index (χ0) is 13.4. The van der Waals surface area contributed by atoms with Gasteiger partial charge >= 0.3 is 0 Å². The van der Waals surface area contributed by atoms with E-state index >= 15 is 0 Å². The minimum atomic E-state index is 0.758. The van der Waals surface area contributed by atoms with E-state index in [-0.39, 0.29) is 0 Å². The van der Waals surface area contributed by atoms with Crippen molar-refractivity contribution in [1.82, 2.24) is 15.2 Å². The van der Waals surface area contributed by atoms with Crippen molar-refractivity contribution >= 4 is 17.3 Å². The average molecular weight is 268 g/mol. The first-order chi connectivity index (χ1) is 8.71. The molecule has 0 bridgehead atoms. The number of aliphatic imine (C=N–C) groups is 1. The molecule has 1 heterocycles. The molecule has 0 unspecified atom stereocenters. The molecular weight excluding hydrogens is 244 g/mol. The second-order valence-electron chi connectivity index (χ2n) is 4.25. The van der Waals surface area contributed by atoms with E-state index in [1.807, 2.05) is 13.2 Å². The third kappa shape index (κ3) is 4.64. The molecule has 0 aliphatic heterocycles. The normalized spacial score (nSPS) is 11.7. The largest absolute Gasteiger partial charge is 0.350 e. The third-order valence-corrected chi connectivity index (χ3v) is 3.91. The maximum absolute atomic E-state index is 4.40. The lowest BCUT2D eigenvalue weighted by Crippen LogP contribution is -2.38. The molecule has 0 fully saturated rings. The van der Waals surface area contributed by atoms with Crippen molar-refractivity contribution in [2.24, 2.45) is 4.99 Å². The summed E-state index contributed by atoms with van der Waals surface area (Å²) in [6.07, 6.45) is 5.41. The van der Waals surface area contributed by atoms with Crippen molar-refractivity contribution in [1.29, 1.82) is 0 Å². The molecule has 18 heavy (non-hydrogen) atoms. The number of nitrogens with one attached hydrogen (secondary N) is 1. The number of unbranched alkanes of at least 4 members (excludes halogenated alkanes) is 1. The monoisotopic (exact) mass is 268 g/mol. The fourth-order valence-corrected chi connectivity index (χ4v) is 2.44. The van der Waals surface area contributed by atoms with Gasteiger partial charge in [0, 0.05) is 31.7 Å². The van der Waals surface area contributed by atoms with Crippen LogP contribution in [0.3, 0.4) is 0 Å². The predicted octanol–water partition coefficient (Wildman–Crippen LogP) is 2.51. The molecule has 0 saturated heterocycles. The highest BCUT2D eigenvalue weighted by Crippen LogP contribution is 2.12. The van der Waals surface area contributed by atoms with Gasteiger partial charge in [-0.3, -0.25) is 4.99 Å². The van der Waals surface area contributed by atoms with E-state index in [9.17, 15) is 0 Å². The molecule has 1 N–H and O–H groups in total. The lowest BCUT2D eigenvalue weighted by Gasteiger charge is -2.21. The third-order valence-electron chi connectivity index (χ3n) is 2.77. The highest BCUT2D eigenvalue weighted by molar-refractivity contribution is 7.11. The molecule has 1 aromatic heterocycles. The molecule has 1 rings (SSSR count). The van der Waals surface area contributed by atoms with Crippen LogP contribution in [-0.4, -0.2) is 36.5 Å². The first-order valence-corrected chi connectivity index (χ1v) is 7.38. The van der Waals surface area contributed by atoms with Gasteiger partial charge in [-0.05, 0) is 12.8 Å². The number of hydrogen-bond acceptors (Lipinski definition) is 3. The van der Waals surface area contributed by atoms with Crippen LogP contribution < -0.4 is 5.32 Å². The van der Waals surface area contributed by atoms with Gasteiger partial charge in [0.05, 0.1) is 6.54 Å². The summed E-state index contributed by atoms with van der Waals surface area (Å²) >= 11 is 1.77. The summed E-state index contributed by atoms with van der Waals surface area (Å²) in [7, 11) is 3.90. The molecule has 4 nitrogen and oxygen atoms in total. The number of nitrogens with zero attached hydrogens (tertiary/aromatic N) is 3. The van der Waals surface area contributed by atoms with E-state index in [0.717, 1.165) is 30.5 Å².